The first kappa shape index (κ1) is 12.8. The van der Waals surface area contributed by atoms with Gasteiger partial charge in [-0.1, -0.05) is 30.3 Å². The summed E-state index contributed by atoms with van der Waals surface area (Å²) in [6.45, 7) is 0. The van der Waals surface area contributed by atoms with Crippen molar-refractivity contribution in [3.05, 3.63) is 52.5 Å². The lowest BCUT2D eigenvalue weighted by atomic mass is 9.75. The van der Waals surface area contributed by atoms with E-state index in [9.17, 15) is 5.11 Å². The van der Waals surface area contributed by atoms with Crippen molar-refractivity contribution in [1.29, 1.82) is 0 Å². The predicted octanol–water partition coefficient (Wildman–Crippen LogP) is 3.63. The third kappa shape index (κ3) is 3.04. The average molecular weight is 273 g/mol. The highest BCUT2D eigenvalue weighted by molar-refractivity contribution is 7.09. The number of hydrogen-bond donors (Lipinski definition) is 1. The van der Waals surface area contributed by atoms with Crippen LogP contribution in [0.25, 0.3) is 0 Å². The Hall–Kier alpha value is -1.19. The van der Waals surface area contributed by atoms with Crippen molar-refractivity contribution in [2.75, 3.05) is 0 Å². The molecule has 0 saturated heterocycles. The lowest BCUT2D eigenvalue weighted by molar-refractivity contribution is 0.0619. The van der Waals surface area contributed by atoms with Gasteiger partial charge in [-0.05, 0) is 36.7 Å². The summed E-state index contributed by atoms with van der Waals surface area (Å²) in [4.78, 5) is 4.35. The molecule has 0 bridgehead atoms. The molecule has 1 saturated carbocycles. The van der Waals surface area contributed by atoms with Gasteiger partial charge < -0.3 is 5.11 Å². The maximum atomic E-state index is 10.2. The first-order chi connectivity index (χ1) is 9.33. The smallest absolute Gasteiger partial charge is 0.0928 e. The van der Waals surface area contributed by atoms with Crippen LogP contribution in [0.4, 0.5) is 0 Å². The Morgan fingerprint density at radius 3 is 2.79 bits per heavy atom. The van der Waals surface area contributed by atoms with Gasteiger partial charge in [0.2, 0.25) is 0 Å². The maximum absolute atomic E-state index is 10.2. The molecule has 2 nitrogen and oxygen atoms in total. The molecule has 0 aliphatic heterocycles. The monoisotopic (exact) mass is 273 g/mol. The molecule has 0 spiro atoms. The zero-order chi connectivity index (χ0) is 13.1. The Morgan fingerprint density at radius 1 is 1.21 bits per heavy atom. The molecule has 1 N–H and O–H groups in total. The third-order valence-electron chi connectivity index (χ3n) is 4.13. The first-order valence-electron chi connectivity index (χ1n) is 6.94. The molecule has 100 valence electrons. The summed E-state index contributed by atoms with van der Waals surface area (Å²) >= 11 is 1.69. The van der Waals surface area contributed by atoms with Crippen molar-refractivity contribution in [3.8, 4) is 0 Å². The van der Waals surface area contributed by atoms with Gasteiger partial charge in [0.1, 0.15) is 0 Å². The largest absolute Gasteiger partial charge is 0.393 e. The highest BCUT2D eigenvalue weighted by Crippen LogP contribution is 2.37. The molecule has 3 rings (SSSR count). The minimum atomic E-state index is -0.163. The molecular weight excluding hydrogens is 254 g/mol. The molecule has 19 heavy (non-hydrogen) atoms. The topological polar surface area (TPSA) is 33.1 Å². The fraction of sp³-hybridized carbons (Fsp3) is 0.438. The third-order valence-corrected chi connectivity index (χ3v) is 4.94. The van der Waals surface area contributed by atoms with Crippen LogP contribution >= 0.6 is 11.3 Å². The van der Waals surface area contributed by atoms with Crippen molar-refractivity contribution in [1.82, 2.24) is 4.98 Å². The summed E-state index contributed by atoms with van der Waals surface area (Å²) < 4.78 is 0. The molecule has 1 fully saturated rings. The van der Waals surface area contributed by atoms with Crippen molar-refractivity contribution < 1.29 is 5.11 Å². The zero-order valence-electron chi connectivity index (χ0n) is 10.9. The summed E-state index contributed by atoms with van der Waals surface area (Å²) in [7, 11) is 0. The van der Waals surface area contributed by atoms with E-state index in [1.165, 1.54) is 5.56 Å². The van der Waals surface area contributed by atoms with Crippen molar-refractivity contribution in [2.24, 2.45) is 5.92 Å². The van der Waals surface area contributed by atoms with Crippen LogP contribution in [-0.2, 0) is 6.42 Å². The second-order valence-corrected chi connectivity index (χ2v) is 6.36. The Kier molecular flexibility index (Phi) is 3.95. The molecule has 1 aromatic heterocycles. The number of rotatable bonds is 3. The fourth-order valence-corrected chi connectivity index (χ4v) is 3.78. The molecule has 3 heteroatoms. The van der Waals surface area contributed by atoms with Gasteiger partial charge >= 0.3 is 0 Å². The zero-order valence-corrected chi connectivity index (χ0v) is 11.7. The quantitative estimate of drug-likeness (QED) is 0.926. The predicted molar refractivity (Wildman–Crippen MR) is 78.3 cm³/mol. The van der Waals surface area contributed by atoms with Gasteiger partial charge in [-0.3, -0.25) is 0 Å². The van der Waals surface area contributed by atoms with Gasteiger partial charge in [0.05, 0.1) is 11.1 Å². The van der Waals surface area contributed by atoms with Gasteiger partial charge in [-0.25, -0.2) is 4.98 Å². The van der Waals surface area contributed by atoms with Crippen molar-refractivity contribution in [2.45, 2.75) is 37.7 Å². The number of nitrogens with zero attached hydrogens (tertiary/aromatic N) is 1. The van der Waals surface area contributed by atoms with Crippen LogP contribution in [0.3, 0.4) is 0 Å². The minimum Gasteiger partial charge on any atom is -0.393 e. The summed E-state index contributed by atoms with van der Waals surface area (Å²) in [5.41, 5.74) is 1.42. The summed E-state index contributed by atoms with van der Waals surface area (Å²) in [5, 5.41) is 13.4. The van der Waals surface area contributed by atoms with Crippen molar-refractivity contribution >= 4 is 11.3 Å². The van der Waals surface area contributed by atoms with Crippen LogP contribution in [0, 0.1) is 5.92 Å². The summed E-state index contributed by atoms with van der Waals surface area (Å²) in [6.07, 6.45) is 5.69. The molecule has 1 heterocycles. The number of aliphatic hydroxyl groups is 1. The Labute approximate surface area is 118 Å². The number of thiazole rings is 1. The van der Waals surface area contributed by atoms with Crippen LogP contribution in [0.5, 0.6) is 0 Å². The average Bonchev–Trinajstić information content (AvgIpc) is 2.95. The molecule has 1 aromatic carbocycles. The van der Waals surface area contributed by atoms with E-state index in [-0.39, 0.29) is 6.10 Å². The number of aromatic nitrogens is 1. The minimum absolute atomic E-state index is 0.163. The second-order valence-electron chi connectivity index (χ2n) is 5.38. The van der Waals surface area contributed by atoms with Gasteiger partial charge in [0.15, 0.2) is 0 Å². The second kappa shape index (κ2) is 5.85. The van der Waals surface area contributed by atoms with Gasteiger partial charge in [0, 0.05) is 18.0 Å². The normalized spacial score (nSPS) is 27.3. The number of benzene rings is 1. The van der Waals surface area contributed by atoms with E-state index < -0.39 is 0 Å². The van der Waals surface area contributed by atoms with Crippen LogP contribution in [0.1, 0.15) is 35.8 Å². The van der Waals surface area contributed by atoms with Crippen LogP contribution in [0.15, 0.2) is 41.9 Å². The SMILES string of the molecule is OC1CCC(c2ccccc2)CC1Cc1nccs1. The van der Waals surface area contributed by atoms with Gasteiger partial charge in [-0.15, -0.1) is 11.3 Å². The van der Waals surface area contributed by atoms with E-state index in [2.05, 4.69) is 35.3 Å². The van der Waals surface area contributed by atoms with Crippen molar-refractivity contribution in [3.63, 3.8) is 0 Å². The molecule has 3 atom stereocenters. The van der Waals surface area contributed by atoms with E-state index in [1.807, 2.05) is 11.6 Å². The van der Waals surface area contributed by atoms with E-state index >= 15 is 0 Å². The first-order valence-corrected chi connectivity index (χ1v) is 7.82. The highest BCUT2D eigenvalue weighted by Gasteiger charge is 2.30. The maximum Gasteiger partial charge on any atom is 0.0928 e. The fourth-order valence-electron chi connectivity index (χ4n) is 3.07. The molecule has 1 aliphatic carbocycles. The van der Waals surface area contributed by atoms with Crippen LogP contribution in [0.2, 0.25) is 0 Å². The highest BCUT2D eigenvalue weighted by atomic mass is 32.1. The standard InChI is InChI=1S/C16H19NOS/c18-15-7-6-13(12-4-2-1-3-5-12)10-14(15)11-16-17-8-9-19-16/h1-5,8-9,13-15,18H,6-7,10-11H2. The van der Waals surface area contributed by atoms with Gasteiger partial charge in [0.25, 0.3) is 0 Å². The molecule has 2 aromatic rings. The molecule has 1 aliphatic rings. The van der Waals surface area contributed by atoms with Crippen LogP contribution < -0.4 is 0 Å². The number of aliphatic hydroxyl groups excluding tert-OH is 1. The molecule has 3 unspecified atom stereocenters. The Bertz CT molecular complexity index is 497. The van der Waals surface area contributed by atoms with Crippen LogP contribution in [-0.4, -0.2) is 16.2 Å². The van der Waals surface area contributed by atoms with E-state index in [0.717, 1.165) is 30.7 Å². The van der Waals surface area contributed by atoms with E-state index in [4.69, 9.17) is 0 Å². The Morgan fingerprint density at radius 2 is 2.05 bits per heavy atom. The van der Waals surface area contributed by atoms with Gasteiger partial charge in [-0.2, -0.15) is 0 Å². The number of hydrogen-bond acceptors (Lipinski definition) is 3. The summed E-state index contributed by atoms with van der Waals surface area (Å²) in [5.74, 6) is 0.944. The lowest BCUT2D eigenvalue weighted by Gasteiger charge is -2.33. The molecule has 0 amide bonds. The molecular formula is C16H19NOS. The lowest BCUT2D eigenvalue weighted by Crippen LogP contribution is -2.29. The Balaban J connectivity index is 1.70. The van der Waals surface area contributed by atoms with E-state index in [1.54, 1.807) is 11.3 Å². The molecule has 0 radical (unpaired) electrons. The summed E-state index contributed by atoms with van der Waals surface area (Å²) in [6, 6.07) is 10.7. The van der Waals surface area contributed by atoms with E-state index in [0.29, 0.717) is 11.8 Å².